The van der Waals surface area contributed by atoms with Gasteiger partial charge in [-0.1, -0.05) is 11.6 Å². The number of benzene rings is 1. The maximum Gasteiger partial charge on any atom is 0.384 e. The normalized spacial score (nSPS) is 13.9. The predicted octanol–water partition coefficient (Wildman–Crippen LogP) is 2.57. The van der Waals surface area contributed by atoms with Crippen LogP contribution >= 0.6 is 11.6 Å². The highest BCUT2D eigenvalue weighted by molar-refractivity contribution is 6.31. The van der Waals surface area contributed by atoms with Crippen molar-refractivity contribution in [2.75, 3.05) is 7.11 Å². The number of H-pyrrole nitrogens is 1. The van der Waals surface area contributed by atoms with Crippen molar-refractivity contribution in [2.45, 2.75) is 18.9 Å². The van der Waals surface area contributed by atoms with E-state index in [2.05, 4.69) is 9.72 Å². The van der Waals surface area contributed by atoms with Gasteiger partial charge in [-0.2, -0.15) is 0 Å². The summed E-state index contributed by atoms with van der Waals surface area (Å²) >= 11 is 5.93. The van der Waals surface area contributed by atoms with Gasteiger partial charge >= 0.3 is 11.5 Å². The molecule has 1 aromatic heterocycles. The average Bonchev–Trinajstić information content (AvgIpc) is 2.79. The first-order valence-corrected chi connectivity index (χ1v) is 6.24. The lowest BCUT2D eigenvalue weighted by Crippen LogP contribution is -2.46. The maximum absolute atomic E-state index is 11.7. The molecule has 0 aliphatic heterocycles. The summed E-state index contributed by atoms with van der Waals surface area (Å²) < 4.78 is 4.54. The van der Waals surface area contributed by atoms with Gasteiger partial charge in [0.05, 0.1) is 13.5 Å². The first-order valence-electron chi connectivity index (χ1n) is 5.87. The molecule has 7 heteroatoms. The molecular formula is C13H13ClN2O4. The minimum absolute atomic E-state index is 0.0764. The third-order valence-corrected chi connectivity index (χ3v) is 3.53. The zero-order valence-electron chi connectivity index (χ0n) is 11.0. The van der Waals surface area contributed by atoms with Crippen LogP contribution in [0.25, 0.3) is 10.9 Å². The Balaban J connectivity index is 2.46. The van der Waals surface area contributed by atoms with Gasteiger partial charge < -0.3 is 9.72 Å². The topological polar surface area (TPSA) is 85.2 Å². The van der Waals surface area contributed by atoms with Crippen LogP contribution < -0.4 is 0 Å². The van der Waals surface area contributed by atoms with E-state index >= 15 is 0 Å². The van der Waals surface area contributed by atoms with Crippen molar-refractivity contribution < 1.29 is 14.5 Å². The molecule has 0 spiro atoms. The predicted molar refractivity (Wildman–Crippen MR) is 74.4 cm³/mol. The summed E-state index contributed by atoms with van der Waals surface area (Å²) in [7, 11) is 1.14. The number of ether oxygens (including phenoxy) is 1. The Morgan fingerprint density at radius 2 is 2.25 bits per heavy atom. The van der Waals surface area contributed by atoms with Gasteiger partial charge in [-0.25, -0.2) is 4.79 Å². The Morgan fingerprint density at radius 1 is 1.55 bits per heavy atom. The van der Waals surface area contributed by atoms with Crippen molar-refractivity contribution in [3.05, 3.63) is 45.1 Å². The first-order chi connectivity index (χ1) is 9.38. The standard InChI is InChI=1S/C13H13ClN2O4/c1-13(16(18)19,12(17)20-2)6-8-7-15-11-4-3-9(14)5-10(8)11/h3-5,7,15H,6H2,1-2H3. The summed E-state index contributed by atoms with van der Waals surface area (Å²) in [6.45, 7) is 1.25. The van der Waals surface area contributed by atoms with Crippen molar-refractivity contribution in [3.8, 4) is 0 Å². The lowest BCUT2D eigenvalue weighted by Gasteiger charge is -2.17. The molecule has 0 saturated carbocycles. The molecule has 0 aliphatic carbocycles. The van der Waals surface area contributed by atoms with E-state index < -0.39 is 16.4 Å². The Kier molecular flexibility index (Phi) is 3.67. The molecule has 1 N–H and O–H groups in total. The monoisotopic (exact) mass is 296 g/mol. The van der Waals surface area contributed by atoms with Gasteiger partial charge in [-0.3, -0.25) is 10.1 Å². The van der Waals surface area contributed by atoms with E-state index in [0.29, 0.717) is 10.6 Å². The lowest BCUT2D eigenvalue weighted by atomic mass is 9.93. The second kappa shape index (κ2) is 5.13. The summed E-state index contributed by atoms with van der Waals surface area (Å²) in [4.78, 5) is 25.3. The Morgan fingerprint density at radius 3 is 2.85 bits per heavy atom. The highest BCUT2D eigenvalue weighted by atomic mass is 35.5. The molecule has 0 radical (unpaired) electrons. The smallest absolute Gasteiger partial charge is 0.384 e. The number of hydrogen-bond acceptors (Lipinski definition) is 4. The minimum atomic E-state index is -1.83. The number of nitrogens with one attached hydrogen (secondary N) is 1. The molecule has 2 rings (SSSR count). The van der Waals surface area contributed by atoms with Crippen molar-refractivity contribution >= 4 is 28.5 Å². The fraction of sp³-hybridized carbons (Fsp3) is 0.308. The van der Waals surface area contributed by atoms with Crippen LogP contribution in [0.5, 0.6) is 0 Å². The van der Waals surface area contributed by atoms with Crippen molar-refractivity contribution in [2.24, 2.45) is 0 Å². The molecule has 0 aliphatic rings. The molecule has 1 atom stereocenters. The number of aromatic nitrogens is 1. The second-order valence-corrected chi connectivity index (χ2v) is 5.14. The van der Waals surface area contributed by atoms with Crippen molar-refractivity contribution in [1.82, 2.24) is 4.98 Å². The molecule has 20 heavy (non-hydrogen) atoms. The van der Waals surface area contributed by atoms with Crippen molar-refractivity contribution in [1.29, 1.82) is 0 Å². The number of aromatic amines is 1. The molecular weight excluding hydrogens is 284 g/mol. The number of nitro groups is 1. The third-order valence-electron chi connectivity index (χ3n) is 3.29. The summed E-state index contributed by atoms with van der Waals surface area (Å²) in [5.74, 6) is -0.876. The maximum atomic E-state index is 11.7. The van der Waals surface area contributed by atoms with Crippen LogP contribution in [-0.4, -0.2) is 28.5 Å². The SMILES string of the molecule is COC(=O)C(C)(Cc1c[nH]c2ccc(Cl)cc12)[N+](=O)[O-]. The molecule has 0 bridgehead atoms. The number of esters is 1. The van der Waals surface area contributed by atoms with Crippen LogP contribution in [0.4, 0.5) is 0 Å². The lowest BCUT2D eigenvalue weighted by molar-refractivity contribution is -0.550. The van der Waals surface area contributed by atoms with E-state index in [-0.39, 0.29) is 6.42 Å². The number of hydrogen-bond donors (Lipinski definition) is 1. The van der Waals surface area contributed by atoms with Crippen LogP contribution in [0, 0.1) is 10.1 Å². The molecule has 1 unspecified atom stereocenters. The van der Waals surface area contributed by atoms with Crippen molar-refractivity contribution in [3.63, 3.8) is 0 Å². The minimum Gasteiger partial charge on any atom is -0.464 e. The van der Waals surface area contributed by atoms with Gasteiger partial charge in [0.1, 0.15) is 0 Å². The van der Waals surface area contributed by atoms with Gasteiger partial charge in [0.15, 0.2) is 0 Å². The fourth-order valence-corrected chi connectivity index (χ4v) is 2.27. The summed E-state index contributed by atoms with van der Waals surface area (Å²) in [5, 5.41) is 12.5. The van der Waals surface area contributed by atoms with Gasteiger partial charge in [-0.15, -0.1) is 0 Å². The molecule has 106 valence electrons. The number of carbonyl (C=O) groups excluding carboxylic acids is 1. The van der Waals surface area contributed by atoms with Gasteiger partial charge in [0.2, 0.25) is 0 Å². The largest absolute Gasteiger partial charge is 0.464 e. The highest BCUT2D eigenvalue weighted by Gasteiger charge is 2.47. The van der Waals surface area contributed by atoms with Gasteiger partial charge in [-0.05, 0) is 23.8 Å². The number of carbonyl (C=O) groups is 1. The highest BCUT2D eigenvalue weighted by Crippen LogP contribution is 2.27. The third kappa shape index (κ3) is 2.34. The summed E-state index contributed by atoms with van der Waals surface area (Å²) in [6, 6.07) is 5.21. The Bertz CT molecular complexity index is 682. The number of halogens is 1. The van der Waals surface area contributed by atoms with Crippen LogP contribution in [0.15, 0.2) is 24.4 Å². The summed E-state index contributed by atoms with van der Waals surface area (Å²) in [6.07, 6.45) is 1.57. The van der Waals surface area contributed by atoms with E-state index in [4.69, 9.17) is 11.6 Å². The van der Waals surface area contributed by atoms with Gasteiger partial charge in [0.25, 0.3) is 0 Å². The van der Waals surface area contributed by atoms with Crippen LogP contribution in [-0.2, 0) is 16.0 Å². The fourth-order valence-electron chi connectivity index (χ4n) is 2.10. The summed E-state index contributed by atoms with van der Waals surface area (Å²) in [5.41, 5.74) is -0.376. The molecule has 6 nitrogen and oxygen atoms in total. The molecule has 0 amide bonds. The zero-order chi connectivity index (χ0) is 14.9. The molecule has 1 aromatic carbocycles. The first kappa shape index (κ1) is 14.3. The van der Waals surface area contributed by atoms with E-state index in [1.165, 1.54) is 6.92 Å². The van der Waals surface area contributed by atoms with E-state index in [9.17, 15) is 14.9 Å². The number of fused-ring (bicyclic) bond motifs is 1. The van der Waals surface area contributed by atoms with E-state index in [1.54, 1.807) is 24.4 Å². The second-order valence-electron chi connectivity index (χ2n) is 4.70. The average molecular weight is 297 g/mol. The zero-order valence-corrected chi connectivity index (χ0v) is 11.7. The molecule has 1 heterocycles. The Hall–Kier alpha value is -2.08. The number of nitrogens with zero attached hydrogens (tertiary/aromatic N) is 1. The molecule has 2 aromatic rings. The Labute approximate surface area is 119 Å². The van der Waals surface area contributed by atoms with E-state index in [0.717, 1.165) is 18.0 Å². The van der Waals surface area contributed by atoms with Gasteiger partial charge in [0, 0.05) is 34.0 Å². The van der Waals surface area contributed by atoms with Crippen LogP contribution in [0.3, 0.4) is 0 Å². The molecule has 0 saturated heterocycles. The van der Waals surface area contributed by atoms with E-state index in [1.807, 2.05) is 0 Å². The van der Waals surface area contributed by atoms with Crippen LogP contribution in [0.1, 0.15) is 12.5 Å². The molecule has 0 fully saturated rings. The van der Waals surface area contributed by atoms with Crippen LogP contribution in [0.2, 0.25) is 5.02 Å². The quantitative estimate of drug-likeness (QED) is 0.534. The number of methoxy groups -OCH3 is 1. The number of rotatable bonds is 4.